The van der Waals surface area contributed by atoms with Crippen LogP contribution in [0.4, 0.5) is 5.95 Å². The minimum Gasteiger partial charge on any atom is -0.280 e. The third kappa shape index (κ3) is 3.63. The van der Waals surface area contributed by atoms with Gasteiger partial charge in [-0.25, -0.2) is 18.4 Å². The molecule has 0 aromatic carbocycles. The van der Waals surface area contributed by atoms with E-state index >= 15 is 0 Å². The van der Waals surface area contributed by atoms with Gasteiger partial charge in [0.15, 0.2) is 0 Å². The van der Waals surface area contributed by atoms with Crippen molar-refractivity contribution in [2.45, 2.75) is 20.3 Å². The molecule has 0 aliphatic carbocycles. The molecule has 1 atom stereocenters. The Labute approximate surface area is 116 Å². The van der Waals surface area contributed by atoms with Gasteiger partial charge >= 0.3 is 0 Å². The lowest BCUT2D eigenvalue weighted by Crippen LogP contribution is -2.27. The van der Waals surface area contributed by atoms with Gasteiger partial charge in [0.05, 0.1) is 5.75 Å². The maximum absolute atomic E-state index is 11.9. The summed E-state index contributed by atoms with van der Waals surface area (Å²) < 4.78 is 22.1. The summed E-state index contributed by atoms with van der Waals surface area (Å²) in [6.07, 6.45) is 0.155. The SMILES string of the molecule is Cc1cc(C)nc(N2CC(CS(=O)(=O)Cl)CC2=O)n1. The lowest BCUT2D eigenvalue weighted by atomic mass is 10.1. The number of carbonyl (C=O) groups is 1. The summed E-state index contributed by atoms with van der Waals surface area (Å²) in [5.41, 5.74) is 1.53. The van der Waals surface area contributed by atoms with E-state index in [4.69, 9.17) is 10.7 Å². The maximum atomic E-state index is 11.9. The van der Waals surface area contributed by atoms with Gasteiger partial charge in [-0.15, -0.1) is 0 Å². The normalized spacial score (nSPS) is 20.1. The molecule has 1 amide bonds. The number of amides is 1. The fourth-order valence-electron chi connectivity index (χ4n) is 2.20. The van der Waals surface area contributed by atoms with Gasteiger partial charge in [-0.05, 0) is 19.9 Å². The molecule has 104 valence electrons. The Kier molecular flexibility index (Phi) is 3.78. The number of rotatable bonds is 3. The number of nitrogens with zero attached hydrogens (tertiary/aromatic N) is 3. The van der Waals surface area contributed by atoms with Crippen molar-refractivity contribution in [3.8, 4) is 0 Å². The summed E-state index contributed by atoms with van der Waals surface area (Å²) in [5.74, 6) is -0.353. The number of hydrogen-bond acceptors (Lipinski definition) is 5. The van der Waals surface area contributed by atoms with Crippen LogP contribution in [0.3, 0.4) is 0 Å². The minimum atomic E-state index is -3.60. The highest BCUT2D eigenvalue weighted by atomic mass is 35.7. The van der Waals surface area contributed by atoms with Crippen LogP contribution in [-0.4, -0.2) is 36.6 Å². The summed E-state index contributed by atoms with van der Waals surface area (Å²) in [6.45, 7) is 3.92. The first kappa shape index (κ1) is 14.2. The summed E-state index contributed by atoms with van der Waals surface area (Å²) in [6, 6.07) is 1.81. The Morgan fingerprint density at radius 2 is 1.95 bits per heavy atom. The van der Waals surface area contributed by atoms with E-state index in [1.807, 2.05) is 19.9 Å². The van der Waals surface area contributed by atoms with E-state index in [0.29, 0.717) is 5.95 Å². The van der Waals surface area contributed by atoms with Crippen molar-refractivity contribution in [3.63, 3.8) is 0 Å². The van der Waals surface area contributed by atoms with E-state index in [9.17, 15) is 13.2 Å². The summed E-state index contributed by atoms with van der Waals surface area (Å²) in [5, 5.41) is 0. The Bertz CT molecular complexity index is 597. The van der Waals surface area contributed by atoms with Gasteiger partial charge < -0.3 is 0 Å². The zero-order valence-corrected chi connectivity index (χ0v) is 12.2. The van der Waals surface area contributed by atoms with Crippen molar-refractivity contribution in [2.75, 3.05) is 17.2 Å². The molecule has 1 fully saturated rings. The first-order valence-electron chi connectivity index (χ1n) is 5.79. The molecule has 1 aliphatic rings. The molecule has 2 rings (SSSR count). The van der Waals surface area contributed by atoms with Gasteiger partial charge in [0.1, 0.15) is 0 Å². The predicted molar refractivity (Wildman–Crippen MR) is 71.6 cm³/mol. The van der Waals surface area contributed by atoms with Crippen LogP contribution in [0.1, 0.15) is 17.8 Å². The summed E-state index contributed by atoms with van der Waals surface area (Å²) in [4.78, 5) is 21.7. The first-order chi connectivity index (χ1) is 8.74. The molecule has 0 saturated carbocycles. The zero-order valence-electron chi connectivity index (χ0n) is 10.6. The summed E-state index contributed by atoms with van der Waals surface area (Å²) >= 11 is 0. The molecule has 0 radical (unpaired) electrons. The number of carbonyl (C=O) groups excluding carboxylic acids is 1. The molecule has 19 heavy (non-hydrogen) atoms. The number of aromatic nitrogens is 2. The van der Waals surface area contributed by atoms with Crippen molar-refractivity contribution in [3.05, 3.63) is 17.5 Å². The Morgan fingerprint density at radius 1 is 1.37 bits per heavy atom. The van der Waals surface area contributed by atoms with Crippen LogP contribution in [0.25, 0.3) is 0 Å². The molecule has 1 aromatic rings. The van der Waals surface area contributed by atoms with E-state index < -0.39 is 9.05 Å². The van der Waals surface area contributed by atoms with Crippen LogP contribution < -0.4 is 4.90 Å². The zero-order chi connectivity index (χ0) is 14.2. The second kappa shape index (κ2) is 5.05. The maximum Gasteiger partial charge on any atom is 0.232 e. The van der Waals surface area contributed by atoms with E-state index in [1.54, 1.807) is 0 Å². The van der Waals surface area contributed by atoms with Crippen LogP contribution in [-0.2, 0) is 13.8 Å². The Morgan fingerprint density at radius 3 is 2.47 bits per heavy atom. The smallest absolute Gasteiger partial charge is 0.232 e. The van der Waals surface area contributed by atoms with E-state index in [-0.39, 0.29) is 30.5 Å². The third-order valence-electron chi connectivity index (χ3n) is 2.85. The van der Waals surface area contributed by atoms with Crippen molar-refractivity contribution in [2.24, 2.45) is 5.92 Å². The third-order valence-corrected chi connectivity index (χ3v) is 4.10. The molecular weight excluding hydrogens is 290 g/mol. The van der Waals surface area contributed by atoms with Crippen LogP contribution in [0, 0.1) is 19.8 Å². The molecular formula is C11H14ClN3O3S. The molecule has 1 unspecified atom stereocenters. The fraction of sp³-hybridized carbons (Fsp3) is 0.545. The van der Waals surface area contributed by atoms with Gasteiger partial charge in [0.2, 0.25) is 20.9 Å². The van der Waals surface area contributed by atoms with Crippen molar-refractivity contribution < 1.29 is 13.2 Å². The lowest BCUT2D eigenvalue weighted by Gasteiger charge is -2.15. The second-order valence-electron chi connectivity index (χ2n) is 4.73. The number of aryl methyl sites for hydroxylation is 2. The summed E-state index contributed by atoms with van der Waals surface area (Å²) in [7, 11) is 1.62. The van der Waals surface area contributed by atoms with E-state index in [2.05, 4.69) is 9.97 Å². The lowest BCUT2D eigenvalue weighted by molar-refractivity contribution is -0.117. The molecule has 0 N–H and O–H groups in total. The Hall–Kier alpha value is -1.21. The van der Waals surface area contributed by atoms with Crippen LogP contribution in [0.15, 0.2) is 6.07 Å². The van der Waals surface area contributed by atoms with Crippen molar-refractivity contribution >= 4 is 31.6 Å². The minimum absolute atomic E-state index is 0.155. The standard InChI is InChI=1S/C11H14ClN3O3S/c1-7-3-8(2)14-11(13-7)15-5-9(4-10(15)16)6-19(12,17)18/h3,9H,4-6H2,1-2H3. The van der Waals surface area contributed by atoms with Gasteiger partial charge in [-0.1, -0.05) is 0 Å². The van der Waals surface area contributed by atoms with Gasteiger partial charge in [0, 0.05) is 41.0 Å². The highest BCUT2D eigenvalue weighted by Crippen LogP contribution is 2.24. The average Bonchev–Trinajstić information content (AvgIpc) is 2.54. The van der Waals surface area contributed by atoms with E-state index in [1.165, 1.54) is 4.90 Å². The second-order valence-corrected chi connectivity index (χ2v) is 7.55. The monoisotopic (exact) mass is 303 g/mol. The molecule has 6 nitrogen and oxygen atoms in total. The van der Waals surface area contributed by atoms with Gasteiger partial charge in [0.25, 0.3) is 0 Å². The molecule has 0 spiro atoms. The molecule has 1 saturated heterocycles. The Balaban J connectivity index is 2.20. The quantitative estimate of drug-likeness (QED) is 0.779. The molecule has 2 heterocycles. The topological polar surface area (TPSA) is 80.2 Å². The van der Waals surface area contributed by atoms with Crippen LogP contribution >= 0.6 is 10.7 Å². The van der Waals surface area contributed by atoms with Gasteiger partial charge in [-0.2, -0.15) is 0 Å². The van der Waals surface area contributed by atoms with Crippen molar-refractivity contribution in [1.29, 1.82) is 0 Å². The highest BCUT2D eigenvalue weighted by Gasteiger charge is 2.34. The number of anilines is 1. The largest absolute Gasteiger partial charge is 0.280 e. The predicted octanol–water partition coefficient (Wildman–Crippen LogP) is 1.01. The van der Waals surface area contributed by atoms with Crippen molar-refractivity contribution in [1.82, 2.24) is 9.97 Å². The average molecular weight is 304 g/mol. The fourth-order valence-corrected chi connectivity index (χ4v) is 3.52. The molecule has 1 aromatic heterocycles. The van der Waals surface area contributed by atoms with Crippen LogP contribution in [0.2, 0.25) is 0 Å². The first-order valence-corrected chi connectivity index (χ1v) is 8.27. The van der Waals surface area contributed by atoms with Crippen LogP contribution in [0.5, 0.6) is 0 Å². The highest BCUT2D eigenvalue weighted by molar-refractivity contribution is 8.13. The number of halogens is 1. The van der Waals surface area contributed by atoms with Gasteiger partial charge in [-0.3, -0.25) is 9.69 Å². The number of hydrogen-bond donors (Lipinski definition) is 0. The molecule has 8 heteroatoms. The van der Waals surface area contributed by atoms with E-state index in [0.717, 1.165) is 11.4 Å². The molecule has 0 bridgehead atoms. The molecule has 1 aliphatic heterocycles.